The number of sulfonamides is 1. The van der Waals surface area contributed by atoms with Crippen LogP contribution in [0.15, 0.2) is 76.6 Å². The lowest BCUT2D eigenvalue weighted by molar-refractivity contribution is -0.141. The van der Waals surface area contributed by atoms with Gasteiger partial charge in [0.15, 0.2) is 11.8 Å². The third-order valence-corrected chi connectivity index (χ3v) is 7.35. The molecule has 0 amide bonds. The Morgan fingerprint density at radius 1 is 1.07 bits per heavy atom. The Labute approximate surface area is 246 Å². The molecule has 0 unspecified atom stereocenters. The molecule has 2 aromatic carbocycles. The number of primary sulfonamides is 1. The topological polar surface area (TPSA) is 189 Å². The van der Waals surface area contributed by atoms with E-state index in [1.165, 1.54) is 24.3 Å². The average Bonchev–Trinajstić information content (AvgIpc) is 3.49. The number of ether oxygens (including phenoxy) is 1. The molecule has 0 bridgehead atoms. The highest BCUT2D eigenvalue weighted by molar-refractivity contribution is 7.89. The number of hydrogen-bond acceptors (Lipinski definition) is 9. The van der Waals surface area contributed by atoms with Crippen LogP contribution in [-0.2, 0) is 20.9 Å². The molecule has 236 valence electrons. The molecule has 0 radical (unpaired) electrons. The lowest BCUT2D eigenvalue weighted by Gasteiger charge is -2.20. The highest BCUT2D eigenvalue weighted by Crippen LogP contribution is 2.42. The standard InChI is InChI=1S/C17H14F3N3O2S.C9H11F2N3O4/c1-11-2-4-12(5-3-11)15-10-16(17(18,19)20)22-23(15)13-6-8-14(9-7-13)26(21,24)25;10-9(11)6(16)4(3-15)18-7(9)14-2-1-5(12)13-8(14)17/h2-10H,1H3,(H2,21,24,25);1-2,4,6-7,15-16H,3H2,(H2,12,13,17)/t;4-,6-,7-/m.1/s1. The number of hydrogen-bond donors (Lipinski definition) is 4. The summed E-state index contributed by atoms with van der Waals surface area (Å²) in [6, 6.07) is 14.2. The molecule has 3 heterocycles. The van der Waals surface area contributed by atoms with Gasteiger partial charge in [-0.25, -0.2) is 23.0 Å². The van der Waals surface area contributed by atoms with Gasteiger partial charge in [-0.2, -0.15) is 32.0 Å². The van der Waals surface area contributed by atoms with E-state index in [4.69, 9.17) is 20.7 Å². The summed E-state index contributed by atoms with van der Waals surface area (Å²) in [5.74, 6) is -3.83. The van der Waals surface area contributed by atoms with Gasteiger partial charge in [0.2, 0.25) is 16.3 Å². The van der Waals surface area contributed by atoms with Crippen LogP contribution in [0.5, 0.6) is 0 Å². The Balaban J connectivity index is 0.000000215. The Morgan fingerprint density at radius 3 is 2.18 bits per heavy atom. The summed E-state index contributed by atoms with van der Waals surface area (Å²) in [5, 5.41) is 26.8. The molecular formula is C26H25F5N6O6S. The minimum Gasteiger partial charge on any atom is -0.394 e. The van der Waals surface area contributed by atoms with Crippen molar-refractivity contribution in [1.29, 1.82) is 0 Å². The van der Waals surface area contributed by atoms with Gasteiger partial charge in [-0.1, -0.05) is 29.8 Å². The second-order valence-corrected chi connectivity index (χ2v) is 11.2. The Morgan fingerprint density at radius 2 is 1.68 bits per heavy atom. The Kier molecular flexibility index (Phi) is 8.94. The van der Waals surface area contributed by atoms with Crippen molar-refractivity contribution in [2.75, 3.05) is 12.3 Å². The summed E-state index contributed by atoms with van der Waals surface area (Å²) < 4.78 is 95.9. The number of aryl methyl sites for hydroxylation is 1. The monoisotopic (exact) mass is 644 g/mol. The maximum Gasteiger partial charge on any atom is 0.435 e. The maximum absolute atomic E-state index is 13.7. The molecule has 1 aliphatic rings. The van der Waals surface area contributed by atoms with Crippen molar-refractivity contribution in [3.8, 4) is 16.9 Å². The van der Waals surface area contributed by atoms with Gasteiger partial charge >= 0.3 is 17.8 Å². The number of aromatic nitrogens is 4. The van der Waals surface area contributed by atoms with Crippen LogP contribution in [0.25, 0.3) is 16.9 Å². The van der Waals surface area contributed by atoms with E-state index in [0.29, 0.717) is 10.1 Å². The molecule has 1 aliphatic heterocycles. The minimum atomic E-state index is -4.61. The maximum atomic E-state index is 13.7. The van der Waals surface area contributed by atoms with Crippen molar-refractivity contribution in [2.24, 2.45) is 5.14 Å². The van der Waals surface area contributed by atoms with Crippen LogP contribution in [0.1, 0.15) is 17.5 Å². The van der Waals surface area contributed by atoms with Gasteiger partial charge in [-0.3, -0.25) is 4.57 Å². The molecule has 3 atom stereocenters. The zero-order valence-corrected chi connectivity index (χ0v) is 23.4. The fourth-order valence-corrected chi connectivity index (χ4v) is 4.66. The third-order valence-electron chi connectivity index (χ3n) is 6.42. The molecule has 0 spiro atoms. The highest BCUT2D eigenvalue weighted by atomic mass is 32.2. The van der Waals surface area contributed by atoms with E-state index in [-0.39, 0.29) is 22.1 Å². The second kappa shape index (κ2) is 12.0. The number of aliphatic hydroxyl groups is 2. The van der Waals surface area contributed by atoms with Gasteiger partial charge in [-0.05, 0) is 43.3 Å². The zero-order chi connectivity index (χ0) is 32.6. The van der Waals surface area contributed by atoms with E-state index < -0.39 is 58.5 Å². The van der Waals surface area contributed by atoms with E-state index >= 15 is 0 Å². The first kappa shape index (κ1) is 32.7. The number of benzene rings is 2. The normalized spacial score (nSPS) is 19.8. The van der Waals surface area contributed by atoms with Gasteiger partial charge in [0.1, 0.15) is 11.9 Å². The molecule has 1 fully saturated rings. The van der Waals surface area contributed by atoms with E-state index in [0.717, 1.165) is 28.6 Å². The average molecular weight is 645 g/mol. The molecule has 4 aromatic rings. The largest absolute Gasteiger partial charge is 0.435 e. The van der Waals surface area contributed by atoms with Crippen LogP contribution in [0.2, 0.25) is 0 Å². The molecule has 1 saturated heterocycles. The number of nitrogens with two attached hydrogens (primary N) is 2. The quantitative estimate of drug-likeness (QED) is 0.236. The fraction of sp³-hybridized carbons (Fsp3) is 0.269. The lowest BCUT2D eigenvalue weighted by Crippen LogP contribution is -2.41. The minimum absolute atomic E-state index is 0.114. The molecule has 0 saturated carbocycles. The van der Waals surface area contributed by atoms with Gasteiger partial charge in [0, 0.05) is 11.8 Å². The predicted octanol–water partition coefficient (Wildman–Crippen LogP) is 2.23. The molecule has 2 aromatic heterocycles. The van der Waals surface area contributed by atoms with Gasteiger partial charge < -0.3 is 20.7 Å². The van der Waals surface area contributed by atoms with Crippen LogP contribution >= 0.6 is 0 Å². The van der Waals surface area contributed by atoms with Crippen LogP contribution in [0.3, 0.4) is 0 Å². The number of anilines is 1. The number of nitrogens with zero attached hydrogens (tertiary/aromatic N) is 4. The summed E-state index contributed by atoms with van der Waals surface area (Å²) in [5.41, 5.74) is 5.21. The molecule has 44 heavy (non-hydrogen) atoms. The molecule has 12 nitrogen and oxygen atoms in total. The van der Waals surface area contributed by atoms with Gasteiger partial charge in [0.05, 0.1) is 22.9 Å². The Bertz CT molecular complexity index is 1790. The molecule has 18 heteroatoms. The van der Waals surface area contributed by atoms with Crippen molar-refractivity contribution in [2.45, 2.75) is 42.4 Å². The van der Waals surface area contributed by atoms with E-state index in [1.807, 2.05) is 6.92 Å². The summed E-state index contributed by atoms with van der Waals surface area (Å²) in [6.07, 6.45) is -9.29. The lowest BCUT2D eigenvalue weighted by atomic mass is 10.1. The summed E-state index contributed by atoms with van der Waals surface area (Å²) in [6.45, 7) is 1.08. The summed E-state index contributed by atoms with van der Waals surface area (Å²) in [7, 11) is -3.90. The first-order chi connectivity index (χ1) is 20.4. The molecule has 6 N–H and O–H groups in total. The molecule has 0 aliphatic carbocycles. The van der Waals surface area contributed by atoms with Gasteiger partial charge in [0.25, 0.3) is 0 Å². The van der Waals surface area contributed by atoms with Crippen molar-refractivity contribution >= 4 is 15.8 Å². The second-order valence-electron chi connectivity index (χ2n) is 9.60. The van der Waals surface area contributed by atoms with Crippen LogP contribution < -0.4 is 16.6 Å². The van der Waals surface area contributed by atoms with E-state index in [9.17, 15) is 40.3 Å². The first-order valence-corrected chi connectivity index (χ1v) is 14.0. The fourth-order valence-electron chi connectivity index (χ4n) is 4.15. The molecular weight excluding hydrogens is 619 g/mol. The Hall–Kier alpha value is -4.23. The predicted molar refractivity (Wildman–Crippen MR) is 145 cm³/mol. The highest BCUT2D eigenvalue weighted by Gasteiger charge is 2.59. The number of nitrogen functional groups attached to an aromatic ring is 1. The third kappa shape index (κ3) is 6.78. The van der Waals surface area contributed by atoms with Crippen molar-refractivity contribution < 1.29 is 45.3 Å². The summed E-state index contributed by atoms with van der Waals surface area (Å²) >= 11 is 0. The number of rotatable bonds is 5. The first-order valence-electron chi connectivity index (χ1n) is 12.5. The number of aliphatic hydroxyl groups excluding tert-OH is 2. The van der Waals surface area contributed by atoms with Gasteiger partial charge in [-0.15, -0.1) is 0 Å². The van der Waals surface area contributed by atoms with Crippen molar-refractivity contribution in [1.82, 2.24) is 19.3 Å². The molecule has 5 rings (SSSR count). The van der Waals surface area contributed by atoms with E-state index in [1.54, 1.807) is 24.3 Å². The smallest absolute Gasteiger partial charge is 0.394 e. The zero-order valence-electron chi connectivity index (χ0n) is 22.6. The van der Waals surface area contributed by atoms with Crippen molar-refractivity contribution in [3.63, 3.8) is 0 Å². The van der Waals surface area contributed by atoms with Crippen LogP contribution in [0, 0.1) is 6.92 Å². The van der Waals surface area contributed by atoms with Crippen LogP contribution in [0.4, 0.5) is 27.8 Å². The van der Waals surface area contributed by atoms with E-state index in [2.05, 4.69) is 10.1 Å². The van der Waals surface area contributed by atoms with Crippen molar-refractivity contribution in [3.05, 3.63) is 88.6 Å². The number of alkyl halides is 5. The SMILES string of the molecule is Cc1ccc(-c2cc(C(F)(F)F)nn2-c2ccc(S(N)(=O)=O)cc2)cc1.Nc1ccn([C@@H]2O[C@H](CO)[C@@H](O)C2(F)F)c(=O)n1. The van der Waals surface area contributed by atoms with Crippen LogP contribution in [-0.4, -0.2) is 62.7 Å². The summed E-state index contributed by atoms with van der Waals surface area (Å²) in [4.78, 5) is 14.6. The number of halogens is 5.